The summed E-state index contributed by atoms with van der Waals surface area (Å²) < 4.78 is 25.0. The van der Waals surface area contributed by atoms with E-state index < -0.39 is 16.2 Å². The van der Waals surface area contributed by atoms with Crippen LogP contribution in [0.1, 0.15) is 13.3 Å². The van der Waals surface area contributed by atoms with Gasteiger partial charge in [-0.2, -0.15) is 8.42 Å². The summed E-state index contributed by atoms with van der Waals surface area (Å²) in [6.45, 7) is 1.63. The van der Waals surface area contributed by atoms with Crippen molar-refractivity contribution in [1.29, 1.82) is 0 Å². The van der Waals surface area contributed by atoms with Gasteiger partial charge in [-0.25, -0.2) is 0 Å². The number of aliphatic hydroxyl groups excluding tert-OH is 1. The summed E-state index contributed by atoms with van der Waals surface area (Å²) in [4.78, 5) is 0. The molecule has 0 aliphatic rings. The van der Waals surface area contributed by atoms with Gasteiger partial charge >= 0.3 is 0 Å². The molecule has 0 aliphatic heterocycles. The summed E-state index contributed by atoms with van der Waals surface area (Å²) in [5.41, 5.74) is 0. The van der Waals surface area contributed by atoms with E-state index >= 15 is 0 Å². The molecule has 0 aromatic carbocycles. The van der Waals surface area contributed by atoms with Crippen LogP contribution in [0.25, 0.3) is 0 Å². The predicted molar refractivity (Wildman–Crippen MR) is 37.1 cm³/mol. The highest BCUT2D eigenvalue weighted by Gasteiger charge is 2.02. The van der Waals surface area contributed by atoms with E-state index in [-0.39, 0.29) is 6.61 Å². The fourth-order valence-corrected chi connectivity index (χ4v) is 0.769. The molecule has 1 atom stereocenters. The first kappa shape index (κ1) is 9.87. The molecule has 0 saturated heterocycles. The number of hydrogen-bond donors (Lipinski definition) is 1. The zero-order valence-corrected chi connectivity index (χ0v) is 6.89. The topological polar surface area (TPSA) is 63.6 Å². The monoisotopic (exact) mass is 168 g/mol. The largest absolute Gasteiger partial charge is 0.393 e. The van der Waals surface area contributed by atoms with Crippen LogP contribution in [-0.2, 0) is 14.3 Å². The summed E-state index contributed by atoms with van der Waals surface area (Å²) >= 11 is 0. The third-order valence-electron chi connectivity index (χ3n) is 0.833. The molecule has 4 nitrogen and oxygen atoms in total. The number of hydrogen-bond acceptors (Lipinski definition) is 4. The first-order valence-corrected chi connectivity index (χ1v) is 4.76. The van der Waals surface area contributed by atoms with Crippen molar-refractivity contribution in [2.45, 2.75) is 19.4 Å². The molecule has 1 unspecified atom stereocenters. The maximum Gasteiger partial charge on any atom is 0.264 e. The summed E-state index contributed by atoms with van der Waals surface area (Å²) in [7, 11) is -3.33. The van der Waals surface area contributed by atoms with Crippen LogP contribution in [0.15, 0.2) is 0 Å². The Bertz CT molecular complexity index is 170. The molecular formula is C5H12O4S. The lowest BCUT2D eigenvalue weighted by Gasteiger charge is -2.02. The van der Waals surface area contributed by atoms with Crippen molar-refractivity contribution in [3.63, 3.8) is 0 Å². The van der Waals surface area contributed by atoms with Crippen molar-refractivity contribution in [2.75, 3.05) is 12.9 Å². The van der Waals surface area contributed by atoms with Crippen LogP contribution in [0.5, 0.6) is 0 Å². The van der Waals surface area contributed by atoms with Crippen LogP contribution < -0.4 is 0 Å². The van der Waals surface area contributed by atoms with E-state index in [9.17, 15) is 8.42 Å². The first-order valence-electron chi connectivity index (χ1n) is 2.94. The molecule has 0 aliphatic carbocycles. The third-order valence-corrected chi connectivity index (χ3v) is 1.43. The first-order chi connectivity index (χ1) is 4.42. The predicted octanol–water partition coefficient (Wildman–Crippen LogP) is -0.266. The van der Waals surface area contributed by atoms with Gasteiger partial charge in [0.1, 0.15) is 0 Å². The van der Waals surface area contributed by atoms with Crippen LogP contribution in [0.2, 0.25) is 0 Å². The lowest BCUT2D eigenvalue weighted by molar-refractivity contribution is 0.158. The molecular weight excluding hydrogens is 156 g/mol. The molecule has 5 heteroatoms. The average Bonchev–Trinajstić information content (AvgIpc) is 1.59. The second-order valence-corrected chi connectivity index (χ2v) is 3.81. The second kappa shape index (κ2) is 3.90. The van der Waals surface area contributed by atoms with Crippen LogP contribution in [0.4, 0.5) is 0 Å². The van der Waals surface area contributed by atoms with Crippen molar-refractivity contribution < 1.29 is 17.7 Å². The Balaban J connectivity index is 3.39. The summed E-state index contributed by atoms with van der Waals surface area (Å²) in [5.74, 6) is 0. The SMILES string of the molecule is CC(O)CCOS(C)(=O)=O. The Morgan fingerprint density at radius 3 is 2.40 bits per heavy atom. The summed E-state index contributed by atoms with van der Waals surface area (Å²) in [6.07, 6.45) is 0.809. The molecule has 0 aromatic heterocycles. The lowest BCUT2D eigenvalue weighted by Crippen LogP contribution is -2.09. The van der Waals surface area contributed by atoms with Crippen molar-refractivity contribution in [3.05, 3.63) is 0 Å². The quantitative estimate of drug-likeness (QED) is 0.587. The molecule has 0 saturated carbocycles. The van der Waals surface area contributed by atoms with E-state index in [4.69, 9.17) is 5.11 Å². The van der Waals surface area contributed by atoms with Crippen LogP contribution >= 0.6 is 0 Å². The van der Waals surface area contributed by atoms with Gasteiger partial charge in [-0.05, 0) is 13.3 Å². The van der Waals surface area contributed by atoms with Gasteiger partial charge in [0.15, 0.2) is 0 Å². The van der Waals surface area contributed by atoms with Gasteiger partial charge in [0.2, 0.25) is 0 Å². The molecule has 10 heavy (non-hydrogen) atoms. The van der Waals surface area contributed by atoms with E-state index in [0.717, 1.165) is 6.26 Å². The van der Waals surface area contributed by atoms with E-state index in [0.29, 0.717) is 6.42 Å². The Morgan fingerprint density at radius 2 is 2.10 bits per heavy atom. The van der Waals surface area contributed by atoms with Crippen LogP contribution in [0, 0.1) is 0 Å². The minimum absolute atomic E-state index is 0.0521. The van der Waals surface area contributed by atoms with Gasteiger partial charge in [0.25, 0.3) is 10.1 Å². The Hall–Kier alpha value is -0.130. The molecule has 1 N–H and O–H groups in total. The highest BCUT2D eigenvalue weighted by Crippen LogP contribution is 1.93. The molecule has 0 aromatic rings. The number of aliphatic hydroxyl groups is 1. The number of rotatable bonds is 4. The van der Waals surface area contributed by atoms with Crippen molar-refractivity contribution in [2.24, 2.45) is 0 Å². The standard InChI is InChI=1S/C5H12O4S/c1-5(6)3-4-9-10(2,7)8/h5-6H,3-4H2,1-2H3. The highest BCUT2D eigenvalue weighted by atomic mass is 32.2. The maximum absolute atomic E-state index is 10.3. The molecule has 0 heterocycles. The van der Waals surface area contributed by atoms with E-state index in [2.05, 4.69) is 4.18 Å². The molecule has 0 amide bonds. The minimum atomic E-state index is -3.33. The summed E-state index contributed by atoms with van der Waals surface area (Å²) in [5, 5.41) is 8.67. The smallest absolute Gasteiger partial charge is 0.264 e. The van der Waals surface area contributed by atoms with Gasteiger partial charge in [0, 0.05) is 0 Å². The van der Waals surface area contributed by atoms with Crippen LogP contribution in [0.3, 0.4) is 0 Å². The minimum Gasteiger partial charge on any atom is -0.393 e. The summed E-state index contributed by atoms with van der Waals surface area (Å²) in [6, 6.07) is 0. The molecule has 62 valence electrons. The zero-order chi connectivity index (χ0) is 8.20. The fourth-order valence-electron chi connectivity index (χ4n) is 0.370. The van der Waals surface area contributed by atoms with E-state index in [1.807, 2.05) is 0 Å². The Labute approximate surface area is 60.9 Å². The highest BCUT2D eigenvalue weighted by molar-refractivity contribution is 7.85. The normalized spacial score (nSPS) is 15.1. The van der Waals surface area contributed by atoms with Gasteiger partial charge in [0.05, 0.1) is 19.0 Å². The third kappa shape index (κ3) is 7.87. The fraction of sp³-hybridized carbons (Fsp3) is 1.00. The Kier molecular flexibility index (Phi) is 3.85. The van der Waals surface area contributed by atoms with Gasteiger partial charge < -0.3 is 5.11 Å². The van der Waals surface area contributed by atoms with Crippen molar-refractivity contribution >= 4 is 10.1 Å². The van der Waals surface area contributed by atoms with Gasteiger partial charge in [-0.1, -0.05) is 0 Å². The van der Waals surface area contributed by atoms with Crippen LogP contribution in [-0.4, -0.2) is 32.5 Å². The van der Waals surface area contributed by atoms with E-state index in [1.54, 1.807) is 6.92 Å². The maximum atomic E-state index is 10.3. The zero-order valence-electron chi connectivity index (χ0n) is 6.07. The molecule has 0 rings (SSSR count). The van der Waals surface area contributed by atoms with Gasteiger partial charge in [-0.3, -0.25) is 4.18 Å². The molecule has 0 spiro atoms. The second-order valence-electron chi connectivity index (χ2n) is 2.16. The van der Waals surface area contributed by atoms with Crippen molar-refractivity contribution in [3.8, 4) is 0 Å². The average molecular weight is 168 g/mol. The Morgan fingerprint density at radius 1 is 1.60 bits per heavy atom. The molecule has 0 radical (unpaired) electrons. The van der Waals surface area contributed by atoms with E-state index in [1.165, 1.54) is 0 Å². The van der Waals surface area contributed by atoms with Gasteiger partial charge in [-0.15, -0.1) is 0 Å². The molecule has 0 bridgehead atoms. The van der Waals surface area contributed by atoms with Crippen molar-refractivity contribution in [1.82, 2.24) is 0 Å². The molecule has 0 fully saturated rings. The lowest BCUT2D eigenvalue weighted by atomic mass is 10.3.